The third-order valence-electron chi connectivity index (χ3n) is 1.69. The topological polar surface area (TPSA) is 72.0 Å². The molecule has 1 N–H and O–H groups in total. The molecule has 1 aromatic rings. The lowest BCUT2D eigenvalue weighted by Crippen LogP contribution is -2.28. The maximum atomic E-state index is 11.4. The molecule has 0 saturated heterocycles. The fourth-order valence-electron chi connectivity index (χ4n) is 1.02. The number of hydrogen-bond acceptors (Lipinski definition) is 4. The van der Waals surface area contributed by atoms with Crippen molar-refractivity contribution in [2.45, 2.75) is 0 Å². The van der Waals surface area contributed by atoms with Crippen molar-refractivity contribution in [2.75, 3.05) is 5.32 Å². The molecule has 2 rings (SSSR count). The molecule has 64 valence electrons. The van der Waals surface area contributed by atoms with E-state index in [1.54, 1.807) is 0 Å². The summed E-state index contributed by atoms with van der Waals surface area (Å²) in [4.78, 5) is 30.0. The molecule has 1 aliphatic heterocycles. The molecule has 0 unspecified atom stereocenters. The van der Waals surface area contributed by atoms with Crippen molar-refractivity contribution in [3.8, 4) is 0 Å². The molecule has 0 spiro atoms. The molecule has 0 saturated carbocycles. The van der Waals surface area contributed by atoms with Gasteiger partial charge in [0.15, 0.2) is 11.5 Å². The highest BCUT2D eigenvalue weighted by atomic mass is 16.2. The normalized spacial score (nSPS) is 15.2. The Balaban J connectivity index is 2.62. The number of fused-ring (bicyclic) bond motifs is 1. The second-order valence-electron chi connectivity index (χ2n) is 2.52. The molecule has 13 heavy (non-hydrogen) atoms. The van der Waals surface area contributed by atoms with Crippen molar-refractivity contribution in [3.63, 3.8) is 0 Å². The van der Waals surface area contributed by atoms with E-state index in [2.05, 4.69) is 21.9 Å². The van der Waals surface area contributed by atoms with E-state index in [9.17, 15) is 9.59 Å². The Labute approximate surface area is 73.5 Å². The molecule has 0 bridgehead atoms. The Hall–Kier alpha value is -2.04. The molecule has 5 nitrogen and oxygen atoms in total. The number of carbonyl (C=O) groups is 2. The molecular formula is C8H5N3O2. The molecule has 1 amide bonds. The first-order valence-corrected chi connectivity index (χ1v) is 3.56. The van der Waals surface area contributed by atoms with Gasteiger partial charge in [-0.3, -0.25) is 9.59 Å². The van der Waals surface area contributed by atoms with Gasteiger partial charge in [0.05, 0.1) is 5.57 Å². The standard InChI is InChI=1S/C8H5N3O2/c1-4-6(12)5-7(11-8(4)13)10-3-2-9-5/h2-3H,1H2,(H,10,11,13). The van der Waals surface area contributed by atoms with Gasteiger partial charge in [-0.25, -0.2) is 9.97 Å². The Bertz CT molecular complexity index is 425. The number of ketones is 1. The summed E-state index contributed by atoms with van der Waals surface area (Å²) in [5.41, 5.74) is 0.0418. The van der Waals surface area contributed by atoms with E-state index in [4.69, 9.17) is 0 Å². The largest absolute Gasteiger partial charge is 0.305 e. The molecule has 2 heterocycles. The number of rotatable bonds is 0. The van der Waals surface area contributed by atoms with Gasteiger partial charge < -0.3 is 5.32 Å². The van der Waals surface area contributed by atoms with Gasteiger partial charge in [0.2, 0.25) is 5.78 Å². The van der Waals surface area contributed by atoms with E-state index in [1.807, 2.05) is 0 Å². The molecule has 0 aromatic carbocycles. The van der Waals surface area contributed by atoms with Gasteiger partial charge in [0.1, 0.15) is 0 Å². The first-order chi connectivity index (χ1) is 6.20. The van der Waals surface area contributed by atoms with Crippen LogP contribution in [0.4, 0.5) is 5.82 Å². The van der Waals surface area contributed by atoms with Crippen molar-refractivity contribution in [3.05, 3.63) is 30.2 Å². The van der Waals surface area contributed by atoms with Gasteiger partial charge in [-0.2, -0.15) is 0 Å². The molecular weight excluding hydrogens is 170 g/mol. The fourth-order valence-corrected chi connectivity index (χ4v) is 1.02. The first kappa shape index (κ1) is 7.60. The van der Waals surface area contributed by atoms with Gasteiger partial charge in [-0.15, -0.1) is 0 Å². The van der Waals surface area contributed by atoms with E-state index in [1.165, 1.54) is 12.4 Å². The number of anilines is 1. The van der Waals surface area contributed by atoms with Crippen LogP contribution in [0, 0.1) is 0 Å². The van der Waals surface area contributed by atoms with E-state index in [0.717, 1.165) is 0 Å². The van der Waals surface area contributed by atoms with Gasteiger partial charge in [0.25, 0.3) is 5.91 Å². The highest BCUT2D eigenvalue weighted by molar-refractivity contribution is 6.32. The minimum absolute atomic E-state index is 0.104. The van der Waals surface area contributed by atoms with E-state index < -0.39 is 11.7 Å². The monoisotopic (exact) mass is 175 g/mol. The van der Waals surface area contributed by atoms with Gasteiger partial charge in [-0.05, 0) is 0 Å². The van der Waals surface area contributed by atoms with Crippen LogP contribution in [-0.4, -0.2) is 21.7 Å². The summed E-state index contributed by atoms with van der Waals surface area (Å²) in [6, 6.07) is 0. The summed E-state index contributed by atoms with van der Waals surface area (Å²) < 4.78 is 0. The van der Waals surface area contributed by atoms with Crippen LogP contribution in [-0.2, 0) is 4.79 Å². The minimum atomic E-state index is -0.516. The predicted octanol–water partition coefficient (Wildman–Crippen LogP) is 0.168. The Morgan fingerprint density at radius 1 is 1.23 bits per heavy atom. The Morgan fingerprint density at radius 3 is 2.69 bits per heavy atom. The molecule has 0 atom stereocenters. The van der Waals surface area contributed by atoms with Crippen LogP contribution in [0.25, 0.3) is 0 Å². The van der Waals surface area contributed by atoms with Crippen molar-refractivity contribution < 1.29 is 9.59 Å². The maximum Gasteiger partial charge on any atom is 0.260 e. The van der Waals surface area contributed by atoms with Crippen molar-refractivity contribution in [1.82, 2.24) is 9.97 Å². The number of amides is 1. The number of nitrogens with one attached hydrogen (secondary N) is 1. The molecule has 0 fully saturated rings. The van der Waals surface area contributed by atoms with Crippen molar-refractivity contribution in [1.29, 1.82) is 0 Å². The molecule has 5 heteroatoms. The molecule has 0 radical (unpaired) electrons. The van der Waals surface area contributed by atoms with Crippen LogP contribution in [0.5, 0.6) is 0 Å². The van der Waals surface area contributed by atoms with Crippen LogP contribution in [0.2, 0.25) is 0 Å². The molecule has 1 aromatic heterocycles. The summed E-state index contributed by atoms with van der Waals surface area (Å²) in [5, 5.41) is 2.41. The van der Waals surface area contributed by atoms with E-state index in [0.29, 0.717) is 0 Å². The summed E-state index contributed by atoms with van der Waals surface area (Å²) in [6.45, 7) is 3.35. The Morgan fingerprint density at radius 2 is 1.92 bits per heavy atom. The van der Waals surface area contributed by atoms with Gasteiger partial charge >= 0.3 is 0 Å². The molecule has 1 aliphatic rings. The first-order valence-electron chi connectivity index (χ1n) is 3.56. The van der Waals surface area contributed by atoms with Crippen molar-refractivity contribution >= 4 is 17.5 Å². The van der Waals surface area contributed by atoms with Crippen molar-refractivity contribution in [2.24, 2.45) is 0 Å². The van der Waals surface area contributed by atoms with Crippen LogP contribution < -0.4 is 5.32 Å². The number of nitrogens with zero attached hydrogens (tertiary/aromatic N) is 2. The highest BCUT2D eigenvalue weighted by Crippen LogP contribution is 2.18. The average molecular weight is 175 g/mol. The van der Waals surface area contributed by atoms with E-state index in [-0.39, 0.29) is 17.1 Å². The summed E-state index contributed by atoms with van der Waals surface area (Å²) in [7, 11) is 0. The number of Topliss-reactive ketones (excluding diaryl/α,β-unsaturated/α-hetero) is 1. The highest BCUT2D eigenvalue weighted by Gasteiger charge is 2.28. The second-order valence-corrected chi connectivity index (χ2v) is 2.52. The zero-order valence-electron chi connectivity index (χ0n) is 6.57. The second kappa shape index (κ2) is 2.48. The lowest BCUT2D eigenvalue weighted by molar-refractivity contribution is -0.112. The third kappa shape index (κ3) is 1.01. The van der Waals surface area contributed by atoms with Crippen LogP contribution in [0.3, 0.4) is 0 Å². The van der Waals surface area contributed by atoms with Crippen LogP contribution in [0.1, 0.15) is 10.5 Å². The summed E-state index contributed by atoms with van der Waals surface area (Å²) >= 11 is 0. The van der Waals surface area contributed by atoms with Crippen LogP contribution in [0.15, 0.2) is 24.5 Å². The number of carbonyl (C=O) groups excluding carboxylic acids is 2. The predicted molar refractivity (Wildman–Crippen MR) is 44.1 cm³/mol. The molecule has 0 aliphatic carbocycles. The maximum absolute atomic E-state index is 11.4. The third-order valence-corrected chi connectivity index (χ3v) is 1.69. The minimum Gasteiger partial charge on any atom is -0.305 e. The van der Waals surface area contributed by atoms with Gasteiger partial charge in [-0.1, -0.05) is 6.58 Å². The lowest BCUT2D eigenvalue weighted by Gasteiger charge is -2.13. The fraction of sp³-hybridized carbons (Fsp3) is 0. The zero-order valence-corrected chi connectivity index (χ0v) is 6.57. The zero-order chi connectivity index (χ0) is 9.42. The lowest BCUT2D eigenvalue weighted by atomic mass is 10.1. The number of aromatic nitrogens is 2. The van der Waals surface area contributed by atoms with E-state index >= 15 is 0 Å². The SMILES string of the molecule is C=C1C(=O)Nc2nccnc2C1=O. The van der Waals surface area contributed by atoms with Gasteiger partial charge in [0, 0.05) is 12.4 Å². The Kier molecular flexibility index (Phi) is 1.45. The smallest absolute Gasteiger partial charge is 0.260 e. The average Bonchev–Trinajstić information content (AvgIpc) is 2.15. The summed E-state index contributed by atoms with van der Waals surface area (Å²) in [5.74, 6) is -0.783. The van der Waals surface area contributed by atoms with Crippen LogP contribution >= 0.6 is 0 Å². The number of hydrogen-bond donors (Lipinski definition) is 1. The summed E-state index contributed by atoms with van der Waals surface area (Å²) in [6.07, 6.45) is 2.79. The quantitative estimate of drug-likeness (QED) is 0.450.